The summed E-state index contributed by atoms with van der Waals surface area (Å²) in [5.41, 5.74) is 0.566. The van der Waals surface area contributed by atoms with Gasteiger partial charge in [0.2, 0.25) is 5.91 Å². The van der Waals surface area contributed by atoms with Crippen LogP contribution in [0.2, 0.25) is 0 Å². The molecule has 30 heavy (non-hydrogen) atoms. The van der Waals surface area contributed by atoms with Gasteiger partial charge in [0.25, 0.3) is 0 Å². The second-order valence-electron chi connectivity index (χ2n) is 8.28. The fourth-order valence-electron chi connectivity index (χ4n) is 4.42. The number of aromatic nitrogens is 4. The number of rotatable bonds is 5. The quantitative estimate of drug-likeness (QED) is 0.799. The Bertz CT molecular complexity index is 951. The molecule has 0 spiro atoms. The van der Waals surface area contributed by atoms with Crippen LogP contribution in [0.5, 0.6) is 0 Å². The molecule has 3 heterocycles. The van der Waals surface area contributed by atoms with E-state index in [1.54, 1.807) is 0 Å². The van der Waals surface area contributed by atoms with Gasteiger partial charge in [-0.1, -0.05) is 6.92 Å². The minimum Gasteiger partial charge on any atom is -0.346 e. The van der Waals surface area contributed by atoms with Crippen molar-refractivity contribution in [3.63, 3.8) is 0 Å². The number of carbonyl (C=O) groups excluding carboxylic acids is 1. The zero-order valence-corrected chi connectivity index (χ0v) is 17.2. The number of hydrogen-bond acceptors (Lipinski definition) is 5. The zero-order valence-electron chi connectivity index (χ0n) is 17.2. The average Bonchev–Trinajstić information content (AvgIpc) is 3.10. The van der Waals surface area contributed by atoms with Crippen LogP contribution in [0, 0.1) is 18.8 Å². The van der Waals surface area contributed by atoms with Gasteiger partial charge in [0.05, 0.1) is 5.69 Å². The van der Waals surface area contributed by atoms with Crippen LogP contribution < -0.4 is 10.2 Å². The predicted molar refractivity (Wildman–Crippen MR) is 105 cm³/mol. The van der Waals surface area contributed by atoms with Crippen molar-refractivity contribution >= 4 is 17.4 Å². The standard InChI is InChI=1S/C20H25F3N6O/c1-4-14-19(30)26-17-11(2)24-16(25-18(17)28(14)3)9-12-7-13(8-12)10-29-6-5-15(27-29)20(21,22)23/h5-6,12-14H,4,7-10H2,1-3H3,(H,26,30)/t12?,13?,14-/m0/s1. The van der Waals surface area contributed by atoms with Gasteiger partial charge in [0.1, 0.15) is 17.6 Å². The van der Waals surface area contributed by atoms with Crippen LogP contribution in [0.15, 0.2) is 12.3 Å². The van der Waals surface area contributed by atoms with Crippen LogP contribution in [0.25, 0.3) is 0 Å². The molecule has 1 amide bonds. The third kappa shape index (κ3) is 3.87. The van der Waals surface area contributed by atoms with E-state index in [4.69, 9.17) is 4.98 Å². The zero-order chi connectivity index (χ0) is 21.6. The van der Waals surface area contributed by atoms with Crippen LogP contribution >= 0.6 is 0 Å². The highest BCUT2D eigenvalue weighted by atomic mass is 19.4. The molecule has 2 aliphatic rings. The van der Waals surface area contributed by atoms with Gasteiger partial charge in [-0.3, -0.25) is 9.48 Å². The summed E-state index contributed by atoms with van der Waals surface area (Å²) < 4.78 is 39.4. The topological polar surface area (TPSA) is 75.9 Å². The molecule has 7 nitrogen and oxygen atoms in total. The summed E-state index contributed by atoms with van der Waals surface area (Å²) in [6.07, 6.45) is 0.207. The Morgan fingerprint density at radius 1 is 1.23 bits per heavy atom. The summed E-state index contributed by atoms with van der Waals surface area (Å²) in [6, 6.07) is 0.766. The molecule has 0 bridgehead atoms. The molecule has 1 aliphatic heterocycles. The van der Waals surface area contributed by atoms with Crippen LogP contribution in [-0.2, 0) is 23.9 Å². The van der Waals surface area contributed by atoms with Crippen molar-refractivity contribution in [2.45, 2.75) is 58.3 Å². The van der Waals surface area contributed by atoms with E-state index in [0.717, 1.165) is 42.7 Å². The second-order valence-corrected chi connectivity index (χ2v) is 8.28. The smallest absolute Gasteiger partial charge is 0.346 e. The molecule has 4 rings (SSSR count). The molecule has 0 aromatic carbocycles. The lowest BCUT2D eigenvalue weighted by atomic mass is 9.73. The van der Waals surface area contributed by atoms with E-state index in [1.807, 2.05) is 25.8 Å². The van der Waals surface area contributed by atoms with Crippen molar-refractivity contribution in [3.05, 3.63) is 29.5 Å². The Morgan fingerprint density at radius 2 is 1.97 bits per heavy atom. The molecule has 1 aliphatic carbocycles. The Kier molecular flexibility index (Phi) is 5.19. The molecule has 1 fully saturated rings. The van der Waals surface area contributed by atoms with E-state index >= 15 is 0 Å². The summed E-state index contributed by atoms with van der Waals surface area (Å²) in [6.45, 7) is 4.32. The molecule has 0 radical (unpaired) electrons. The highest BCUT2D eigenvalue weighted by molar-refractivity contribution is 6.03. The van der Waals surface area contributed by atoms with Crippen molar-refractivity contribution in [1.29, 1.82) is 0 Å². The number of anilines is 2. The first-order chi connectivity index (χ1) is 14.2. The van der Waals surface area contributed by atoms with E-state index in [9.17, 15) is 18.0 Å². The number of likely N-dealkylation sites (N-methyl/N-ethyl adjacent to an activating group) is 1. The highest BCUT2D eigenvalue weighted by Crippen LogP contribution is 2.38. The minimum absolute atomic E-state index is 0.0407. The second kappa shape index (κ2) is 7.55. The van der Waals surface area contributed by atoms with E-state index in [0.29, 0.717) is 30.5 Å². The molecule has 2 aromatic rings. The summed E-state index contributed by atoms with van der Waals surface area (Å²) in [5, 5.41) is 6.55. The van der Waals surface area contributed by atoms with Gasteiger partial charge < -0.3 is 10.2 Å². The van der Waals surface area contributed by atoms with Crippen LogP contribution in [-0.4, -0.2) is 38.7 Å². The lowest BCUT2D eigenvalue weighted by Gasteiger charge is -2.36. The normalized spacial score (nSPS) is 23.7. The van der Waals surface area contributed by atoms with Gasteiger partial charge in [-0.25, -0.2) is 9.97 Å². The average molecular weight is 422 g/mol. The SMILES string of the molecule is CC[C@H]1C(=O)Nc2c(C)nc(CC3CC(Cn4ccc(C(F)(F)F)n4)C3)nc2N1C. The summed E-state index contributed by atoms with van der Waals surface area (Å²) in [4.78, 5) is 23.4. The van der Waals surface area contributed by atoms with E-state index in [2.05, 4.69) is 15.4 Å². The van der Waals surface area contributed by atoms with Gasteiger partial charge in [0.15, 0.2) is 11.5 Å². The summed E-state index contributed by atoms with van der Waals surface area (Å²) in [5.74, 6) is 2.15. The van der Waals surface area contributed by atoms with Gasteiger partial charge >= 0.3 is 6.18 Å². The number of amides is 1. The molecular weight excluding hydrogens is 397 g/mol. The van der Waals surface area contributed by atoms with Crippen LogP contribution in [0.4, 0.5) is 24.7 Å². The molecule has 0 unspecified atom stereocenters. The minimum atomic E-state index is -4.40. The summed E-state index contributed by atoms with van der Waals surface area (Å²) in [7, 11) is 1.88. The third-order valence-corrected chi connectivity index (χ3v) is 6.04. The van der Waals surface area contributed by atoms with Gasteiger partial charge in [0, 0.05) is 26.2 Å². The van der Waals surface area contributed by atoms with Crippen LogP contribution in [0.1, 0.15) is 43.4 Å². The molecule has 0 saturated heterocycles. The fraction of sp³-hybridized carbons (Fsp3) is 0.600. The number of aryl methyl sites for hydroxylation is 1. The molecule has 162 valence electrons. The fourth-order valence-corrected chi connectivity index (χ4v) is 4.42. The van der Waals surface area contributed by atoms with E-state index < -0.39 is 11.9 Å². The van der Waals surface area contributed by atoms with Crippen molar-refractivity contribution < 1.29 is 18.0 Å². The molecular formula is C20H25F3N6O. The first-order valence-electron chi connectivity index (χ1n) is 10.2. The first-order valence-corrected chi connectivity index (χ1v) is 10.2. The van der Waals surface area contributed by atoms with E-state index in [1.165, 1.54) is 10.9 Å². The van der Waals surface area contributed by atoms with Gasteiger partial charge in [-0.05, 0) is 44.1 Å². The van der Waals surface area contributed by atoms with Crippen molar-refractivity contribution in [3.8, 4) is 0 Å². The Balaban J connectivity index is 1.38. The maximum atomic E-state index is 12.7. The molecule has 1 saturated carbocycles. The predicted octanol–water partition coefficient (Wildman–Crippen LogP) is 3.44. The van der Waals surface area contributed by atoms with Crippen molar-refractivity contribution in [1.82, 2.24) is 19.7 Å². The number of nitrogens with one attached hydrogen (secondary N) is 1. The maximum absolute atomic E-state index is 12.7. The number of carbonyl (C=O) groups is 1. The Hall–Kier alpha value is -2.65. The molecule has 1 atom stereocenters. The lowest BCUT2D eigenvalue weighted by molar-refractivity contribution is -0.141. The number of alkyl halides is 3. The number of fused-ring (bicyclic) bond motifs is 1. The Labute approximate surface area is 172 Å². The van der Waals surface area contributed by atoms with Gasteiger partial charge in [-0.2, -0.15) is 18.3 Å². The largest absolute Gasteiger partial charge is 0.435 e. The summed E-state index contributed by atoms with van der Waals surface area (Å²) >= 11 is 0. The Morgan fingerprint density at radius 3 is 2.60 bits per heavy atom. The third-order valence-electron chi connectivity index (χ3n) is 6.04. The van der Waals surface area contributed by atoms with Crippen molar-refractivity contribution in [2.75, 3.05) is 17.3 Å². The monoisotopic (exact) mass is 422 g/mol. The molecule has 10 heteroatoms. The number of nitrogens with zero attached hydrogens (tertiary/aromatic N) is 5. The molecule has 2 aromatic heterocycles. The van der Waals surface area contributed by atoms with Gasteiger partial charge in [-0.15, -0.1) is 0 Å². The van der Waals surface area contributed by atoms with E-state index in [-0.39, 0.29) is 11.9 Å². The highest BCUT2D eigenvalue weighted by Gasteiger charge is 2.36. The maximum Gasteiger partial charge on any atom is 0.435 e. The number of halogens is 3. The molecule has 1 N–H and O–H groups in total. The number of hydrogen-bond donors (Lipinski definition) is 1. The van der Waals surface area contributed by atoms with Crippen molar-refractivity contribution in [2.24, 2.45) is 11.8 Å². The van der Waals surface area contributed by atoms with Crippen LogP contribution in [0.3, 0.4) is 0 Å². The first kappa shape index (κ1) is 20.6. The lowest BCUT2D eigenvalue weighted by Crippen LogP contribution is -2.46.